The number of rotatable bonds is 2. The van der Waals surface area contributed by atoms with E-state index in [0.717, 1.165) is 6.42 Å². The second-order valence-electron chi connectivity index (χ2n) is 5.34. The zero-order valence-corrected chi connectivity index (χ0v) is 12.8. The van der Waals surface area contributed by atoms with Crippen LogP contribution in [0.5, 0.6) is 0 Å². The fourth-order valence-electron chi connectivity index (χ4n) is 2.80. The Morgan fingerprint density at radius 3 is 2.80 bits per heavy atom. The van der Waals surface area contributed by atoms with Crippen molar-refractivity contribution < 1.29 is 13.2 Å². The number of nitrogens with zero attached hydrogens (tertiary/aromatic N) is 1. The van der Waals surface area contributed by atoms with Gasteiger partial charge >= 0.3 is 0 Å². The van der Waals surface area contributed by atoms with E-state index in [4.69, 9.17) is 0 Å². The van der Waals surface area contributed by atoms with Gasteiger partial charge in [-0.2, -0.15) is 0 Å². The number of carbonyl (C=O) groups excluding carboxylic acids is 1. The van der Waals surface area contributed by atoms with E-state index in [-0.39, 0.29) is 23.3 Å². The Labute approximate surface area is 123 Å². The molecule has 1 aromatic heterocycles. The van der Waals surface area contributed by atoms with E-state index in [9.17, 15) is 13.2 Å². The number of sulfone groups is 1. The molecule has 0 aliphatic carbocycles. The van der Waals surface area contributed by atoms with E-state index < -0.39 is 9.84 Å². The maximum Gasteiger partial charge on any atom is 0.227 e. The van der Waals surface area contributed by atoms with Crippen molar-refractivity contribution in [2.75, 3.05) is 24.6 Å². The summed E-state index contributed by atoms with van der Waals surface area (Å²) in [7, 11) is -2.99. The molecule has 0 N–H and O–H groups in total. The van der Waals surface area contributed by atoms with Gasteiger partial charge in [0.05, 0.1) is 17.4 Å². The lowest BCUT2D eigenvalue weighted by Crippen LogP contribution is -2.39. The summed E-state index contributed by atoms with van der Waals surface area (Å²) in [6, 6.07) is 4.12. The minimum atomic E-state index is -2.99. The molecule has 1 saturated heterocycles. The van der Waals surface area contributed by atoms with E-state index in [1.54, 1.807) is 16.2 Å². The van der Waals surface area contributed by atoms with Gasteiger partial charge < -0.3 is 4.90 Å². The van der Waals surface area contributed by atoms with Crippen LogP contribution in [0.15, 0.2) is 23.6 Å². The molecule has 3 rings (SSSR count). The molecule has 1 fully saturated rings. The summed E-state index contributed by atoms with van der Waals surface area (Å²) in [5.41, 5.74) is 1.29. The minimum absolute atomic E-state index is 0.00699. The predicted molar refractivity (Wildman–Crippen MR) is 80.3 cm³/mol. The first-order valence-corrected chi connectivity index (χ1v) is 9.47. The summed E-state index contributed by atoms with van der Waals surface area (Å²) in [6.45, 7) is 1.29. The molecule has 4 nitrogen and oxygen atoms in total. The lowest BCUT2D eigenvalue weighted by atomic mass is 10.0. The SMILES string of the molecule is O=C([C@H]1CCS(=O)(=O)C1)N1CC=C(c2cccs2)CC1. The molecule has 1 amide bonds. The van der Waals surface area contributed by atoms with Crippen molar-refractivity contribution in [1.82, 2.24) is 4.90 Å². The van der Waals surface area contributed by atoms with Gasteiger partial charge in [-0.05, 0) is 29.9 Å². The lowest BCUT2D eigenvalue weighted by molar-refractivity contribution is -0.134. The van der Waals surface area contributed by atoms with Gasteiger partial charge in [-0.15, -0.1) is 11.3 Å². The quantitative estimate of drug-likeness (QED) is 0.837. The molecule has 3 heterocycles. The average Bonchev–Trinajstić information content (AvgIpc) is 3.07. The molecular weight excluding hydrogens is 294 g/mol. The third-order valence-electron chi connectivity index (χ3n) is 3.94. The molecule has 0 saturated carbocycles. The predicted octanol–water partition coefficient (Wildman–Crippen LogP) is 1.80. The van der Waals surface area contributed by atoms with Crippen LogP contribution in [0.1, 0.15) is 17.7 Å². The van der Waals surface area contributed by atoms with Crippen molar-refractivity contribution in [2.45, 2.75) is 12.8 Å². The largest absolute Gasteiger partial charge is 0.338 e. The standard InChI is InChI=1S/C14H17NO3S2/c16-14(12-5-9-20(17,18)10-12)15-6-3-11(4-7-15)13-2-1-8-19-13/h1-3,8,12H,4-7,9-10H2/t12-/m0/s1. The number of hydrogen-bond acceptors (Lipinski definition) is 4. The number of carbonyl (C=O) groups is 1. The lowest BCUT2D eigenvalue weighted by Gasteiger charge is -2.28. The zero-order chi connectivity index (χ0) is 14.2. The van der Waals surface area contributed by atoms with Gasteiger partial charge in [0.25, 0.3) is 0 Å². The molecule has 6 heteroatoms. The number of amides is 1. The molecule has 0 aromatic carbocycles. The van der Waals surface area contributed by atoms with E-state index >= 15 is 0 Å². The van der Waals surface area contributed by atoms with Gasteiger partial charge in [0, 0.05) is 18.0 Å². The Bertz CT molecular complexity index is 631. The van der Waals surface area contributed by atoms with Gasteiger partial charge in [-0.25, -0.2) is 8.42 Å². The molecule has 0 unspecified atom stereocenters. The van der Waals surface area contributed by atoms with E-state index in [0.29, 0.717) is 19.5 Å². The summed E-state index contributed by atoms with van der Waals surface area (Å²) in [4.78, 5) is 15.4. The van der Waals surface area contributed by atoms with Gasteiger partial charge in [-0.3, -0.25) is 4.79 Å². The van der Waals surface area contributed by atoms with Crippen molar-refractivity contribution in [2.24, 2.45) is 5.92 Å². The molecule has 1 aromatic rings. The highest BCUT2D eigenvalue weighted by atomic mass is 32.2. The highest BCUT2D eigenvalue weighted by molar-refractivity contribution is 7.91. The number of thiophene rings is 1. The first-order valence-electron chi connectivity index (χ1n) is 6.77. The normalized spacial score (nSPS) is 25.5. The van der Waals surface area contributed by atoms with Crippen molar-refractivity contribution in [3.05, 3.63) is 28.5 Å². The topological polar surface area (TPSA) is 54.5 Å². The van der Waals surface area contributed by atoms with Crippen LogP contribution >= 0.6 is 11.3 Å². The maximum atomic E-state index is 12.3. The molecule has 0 spiro atoms. The van der Waals surface area contributed by atoms with Gasteiger partial charge in [0.1, 0.15) is 0 Å². The highest BCUT2D eigenvalue weighted by Gasteiger charge is 2.35. The summed E-state index contributed by atoms with van der Waals surface area (Å²) in [5.74, 6) is -0.124. The minimum Gasteiger partial charge on any atom is -0.338 e. The summed E-state index contributed by atoms with van der Waals surface area (Å²) >= 11 is 1.71. The average molecular weight is 311 g/mol. The van der Waals surface area contributed by atoms with Crippen LogP contribution in [0.25, 0.3) is 5.57 Å². The third kappa shape index (κ3) is 2.81. The second-order valence-corrected chi connectivity index (χ2v) is 8.52. The van der Waals surface area contributed by atoms with Crippen LogP contribution in [0.4, 0.5) is 0 Å². The zero-order valence-electron chi connectivity index (χ0n) is 11.1. The monoisotopic (exact) mass is 311 g/mol. The Morgan fingerprint density at radius 2 is 2.25 bits per heavy atom. The van der Waals surface area contributed by atoms with Crippen LogP contribution in [0, 0.1) is 5.92 Å². The van der Waals surface area contributed by atoms with E-state index in [1.807, 2.05) is 6.07 Å². The Balaban J connectivity index is 1.65. The van der Waals surface area contributed by atoms with Crippen molar-refractivity contribution in [3.8, 4) is 0 Å². The summed E-state index contributed by atoms with van der Waals surface area (Å²) in [6.07, 6.45) is 3.43. The van der Waals surface area contributed by atoms with Crippen LogP contribution in [0.3, 0.4) is 0 Å². The van der Waals surface area contributed by atoms with Gasteiger partial charge in [0.15, 0.2) is 9.84 Å². The van der Waals surface area contributed by atoms with Crippen molar-refractivity contribution in [1.29, 1.82) is 0 Å². The molecule has 0 bridgehead atoms. The fraction of sp³-hybridized carbons (Fsp3) is 0.500. The van der Waals surface area contributed by atoms with Gasteiger partial charge in [0.2, 0.25) is 5.91 Å². The first kappa shape index (κ1) is 13.8. The van der Waals surface area contributed by atoms with Crippen molar-refractivity contribution in [3.63, 3.8) is 0 Å². The van der Waals surface area contributed by atoms with Gasteiger partial charge in [-0.1, -0.05) is 12.1 Å². The van der Waals surface area contributed by atoms with Crippen LogP contribution in [-0.4, -0.2) is 43.8 Å². The molecule has 108 valence electrons. The summed E-state index contributed by atoms with van der Waals surface area (Å²) < 4.78 is 22.9. The van der Waals surface area contributed by atoms with Crippen LogP contribution in [0.2, 0.25) is 0 Å². The first-order chi connectivity index (χ1) is 9.55. The number of hydrogen-bond donors (Lipinski definition) is 0. The molecule has 2 aliphatic heterocycles. The Hall–Kier alpha value is -1.14. The molecular formula is C14H17NO3S2. The van der Waals surface area contributed by atoms with Crippen molar-refractivity contribution >= 4 is 32.7 Å². The Kier molecular flexibility index (Phi) is 3.69. The van der Waals surface area contributed by atoms with E-state index in [1.165, 1.54) is 10.5 Å². The molecule has 2 aliphatic rings. The smallest absolute Gasteiger partial charge is 0.227 e. The van der Waals surface area contributed by atoms with Crippen LogP contribution < -0.4 is 0 Å². The van der Waals surface area contributed by atoms with Crippen LogP contribution in [-0.2, 0) is 14.6 Å². The molecule has 20 heavy (non-hydrogen) atoms. The fourth-order valence-corrected chi connectivity index (χ4v) is 5.33. The Morgan fingerprint density at radius 1 is 1.40 bits per heavy atom. The maximum absolute atomic E-state index is 12.3. The second kappa shape index (κ2) is 5.33. The molecule has 1 atom stereocenters. The third-order valence-corrected chi connectivity index (χ3v) is 6.65. The highest BCUT2D eigenvalue weighted by Crippen LogP contribution is 2.28. The van der Waals surface area contributed by atoms with E-state index in [2.05, 4.69) is 17.5 Å². The molecule has 0 radical (unpaired) electrons. The summed E-state index contributed by atoms with van der Waals surface area (Å²) in [5, 5.41) is 2.05.